The molecule has 0 aliphatic heterocycles. The number of ketones is 1. The number of allylic oxidation sites excluding steroid dienone is 1. The van der Waals surface area contributed by atoms with Crippen LogP contribution in [-0.2, 0) is 11.4 Å². The predicted molar refractivity (Wildman–Crippen MR) is 119 cm³/mol. The molecule has 0 aliphatic rings. The topological polar surface area (TPSA) is 68.7 Å². The number of pyridine rings is 1. The first-order valence-corrected chi connectivity index (χ1v) is 9.80. The molecule has 1 amide bonds. The molecular weight excluding hydrogens is 392 g/mol. The minimum Gasteiger partial charge on any atom is -0.487 e. The van der Waals surface area contributed by atoms with Gasteiger partial charge in [0.1, 0.15) is 18.1 Å². The Morgan fingerprint density at radius 3 is 2.55 bits per heavy atom. The van der Waals surface area contributed by atoms with E-state index in [4.69, 9.17) is 9.47 Å². The molecule has 0 atom stereocenters. The maximum absolute atomic E-state index is 12.6. The molecule has 158 valence electrons. The third kappa shape index (κ3) is 6.54. The van der Waals surface area contributed by atoms with Gasteiger partial charge in [0, 0.05) is 31.4 Å². The van der Waals surface area contributed by atoms with Crippen LogP contribution in [0.15, 0.2) is 79.0 Å². The smallest absolute Gasteiger partial charge is 0.259 e. The molecule has 2 aromatic carbocycles. The van der Waals surface area contributed by atoms with Crippen LogP contribution in [0.1, 0.15) is 21.6 Å². The maximum Gasteiger partial charge on any atom is 0.259 e. The van der Waals surface area contributed by atoms with E-state index in [1.165, 1.54) is 11.0 Å². The molecule has 1 heterocycles. The minimum absolute atomic E-state index is 0.0819. The number of likely N-dealkylation sites (N-methyl/N-ethyl adjacent to an activating group) is 1. The lowest BCUT2D eigenvalue weighted by Gasteiger charge is -2.11. The summed E-state index contributed by atoms with van der Waals surface area (Å²) in [6, 6.07) is 19.9. The number of carbonyl (C=O) groups excluding carboxylic acids is 2. The molecule has 3 rings (SSSR count). The zero-order valence-corrected chi connectivity index (χ0v) is 17.5. The van der Waals surface area contributed by atoms with E-state index < -0.39 is 0 Å². The van der Waals surface area contributed by atoms with Crippen molar-refractivity contribution in [2.24, 2.45) is 0 Å². The van der Waals surface area contributed by atoms with Crippen molar-refractivity contribution in [1.29, 1.82) is 0 Å². The molecule has 6 nitrogen and oxygen atoms in total. The second-order valence-corrected chi connectivity index (χ2v) is 6.95. The highest BCUT2D eigenvalue weighted by Crippen LogP contribution is 2.21. The van der Waals surface area contributed by atoms with Crippen molar-refractivity contribution in [1.82, 2.24) is 9.88 Å². The van der Waals surface area contributed by atoms with Gasteiger partial charge >= 0.3 is 0 Å². The van der Waals surface area contributed by atoms with E-state index in [1.807, 2.05) is 42.5 Å². The standard InChI is InChI=1S/C25H24N2O4/c1-27(2)25(29)18-30-22-11-7-9-20(16-22)23(28)14-13-19-8-3-4-12-24(19)31-17-21-10-5-6-15-26-21/h3-16H,17-18H2,1-2H3/b14-13+. The van der Waals surface area contributed by atoms with E-state index in [9.17, 15) is 9.59 Å². The zero-order valence-electron chi connectivity index (χ0n) is 17.5. The van der Waals surface area contributed by atoms with E-state index in [0.717, 1.165) is 11.3 Å². The Labute approximate surface area is 181 Å². The average Bonchev–Trinajstić information content (AvgIpc) is 2.81. The highest BCUT2D eigenvalue weighted by atomic mass is 16.5. The fraction of sp³-hybridized carbons (Fsp3) is 0.160. The summed E-state index contributed by atoms with van der Waals surface area (Å²) in [5.41, 5.74) is 2.08. The fourth-order valence-corrected chi connectivity index (χ4v) is 2.66. The van der Waals surface area contributed by atoms with Gasteiger partial charge in [0.15, 0.2) is 12.4 Å². The SMILES string of the molecule is CN(C)C(=O)COc1cccc(C(=O)/C=C/c2ccccc2OCc2ccccn2)c1. The molecule has 0 bridgehead atoms. The van der Waals surface area contributed by atoms with Crippen LogP contribution in [0.4, 0.5) is 0 Å². The van der Waals surface area contributed by atoms with Crippen molar-refractivity contribution < 1.29 is 19.1 Å². The number of para-hydroxylation sites is 1. The van der Waals surface area contributed by atoms with Gasteiger partial charge in [-0.3, -0.25) is 14.6 Å². The molecule has 0 saturated heterocycles. The second kappa shape index (κ2) is 10.7. The average molecular weight is 416 g/mol. The molecular formula is C25H24N2O4. The van der Waals surface area contributed by atoms with E-state index in [2.05, 4.69) is 4.98 Å². The van der Waals surface area contributed by atoms with Crippen molar-refractivity contribution in [2.45, 2.75) is 6.61 Å². The monoisotopic (exact) mass is 416 g/mol. The lowest BCUT2D eigenvalue weighted by molar-refractivity contribution is -0.130. The number of nitrogens with zero attached hydrogens (tertiary/aromatic N) is 2. The highest BCUT2D eigenvalue weighted by Gasteiger charge is 2.08. The second-order valence-electron chi connectivity index (χ2n) is 6.95. The molecule has 0 radical (unpaired) electrons. The van der Waals surface area contributed by atoms with Crippen LogP contribution in [-0.4, -0.2) is 42.3 Å². The zero-order chi connectivity index (χ0) is 22.1. The Morgan fingerprint density at radius 1 is 0.968 bits per heavy atom. The van der Waals surface area contributed by atoms with Crippen LogP contribution < -0.4 is 9.47 Å². The quantitative estimate of drug-likeness (QED) is 0.389. The molecule has 0 saturated carbocycles. The van der Waals surface area contributed by atoms with E-state index in [0.29, 0.717) is 23.7 Å². The first-order chi connectivity index (χ1) is 15.0. The highest BCUT2D eigenvalue weighted by molar-refractivity contribution is 6.07. The normalized spacial score (nSPS) is 10.6. The van der Waals surface area contributed by atoms with Gasteiger partial charge in [0.05, 0.1) is 5.69 Å². The van der Waals surface area contributed by atoms with Gasteiger partial charge in [-0.25, -0.2) is 0 Å². The summed E-state index contributed by atoms with van der Waals surface area (Å²) in [7, 11) is 3.32. The third-order valence-corrected chi connectivity index (χ3v) is 4.41. The van der Waals surface area contributed by atoms with Gasteiger partial charge in [0.2, 0.25) is 0 Å². The summed E-state index contributed by atoms with van der Waals surface area (Å²) < 4.78 is 11.4. The Balaban J connectivity index is 1.66. The van der Waals surface area contributed by atoms with E-state index >= 15 is 0 Å². The van der Waals surface area contributed by atoms with Crippen molar-refractivity contribution in [3.8, 4) is 11.5 Å². The number of amides is 1. The lowest BCUT2D eigenvalue weighted by atomic mass is 10.1. The first-order valence-electron chi connectivity index (χ1n) is 9.80. The van der Waals surface area contributed by atoms with Crippen molar-refractivity contribution >= 4 is 17.8 Å². The molecule has 0 fully saturated rings. The predicted octanol–water partition coefficient (Wildman–Crippen LogP) is 4.02. The van der Waals surface area contributed by atoms with Crippen LogP contribution in [0.25, 0.3) is 6.08 Å². The van der Waals surface area contributed by atoms with Crippen molar-refractivity contribution in [3.63, 3.8) is 0 Å². The summed E-state index contributed by atoms with van der Waals surface area (Å²) >= 11 is 0. The largest absolute Gasteiger partial charge is 0.487 e. The van der Waals surface area contributed by atoms with E-state index in [1.54, 1.807) is 50.6 Å². The molecule has 1 aromatic heterocycles. The Hall–Kier alpha value is -3.93. The number of hydrogen-bond acceptors (Lipinski definition) is 5. The summed E-state index contributed by atoms with van der Waals surface area (Å²) in [5.74, 6) is 0.799. The maximum atomic E-state index is 12.6. The number of carbonyl (C=O) groups is 2. The number of hydrogen-bond donors (Lipinski definition) is 0. The van der Waals surface area contributed by atoms with Gasteiger partial charge in [-0.15, -0.1) is 0 Å². The van der Waals surface area contributed by atoms with Crippen LogP contribution in [0.5, 0.6) is 11.5 Å². The third-order valence-electron chi connectivity index (χ3n) is 4.41. The Bertz CT molecular complexity index is 1060. The van der Waals surface area contributed by atoms with Crippen molar-refractivity contribution in [2.75, 3.05) is 20.7 Å². The summed E-state index contributed by atoms with van der Waals surface area (Å²) in [6.07, 6.45) is 4.93. The number of aromatic nitrogens is 1. The molecule has 3 aromatic rings. The molecule has 31 heavy (non-hydrogen) atoms. The van der Waals surface area contributed by atoms with Gasteiger partial charge in [0.25, 0.3) is 5.91 Å². The Kier molecular flexibility index (Phi) is 7.54. The summed E-state index contributed by atoms with van der Waals surface area (Å²) in [4.78, 5) is 30.0. The van der Waals surface area contributed by atoms with Crippen LogP contribution in [0, 0.1) is 0 Å². The van der Waals surface area contributed by atoms with Crippen LogP contribution in [0.2, 0.25) is 0 Å². The van der Waals surface area contributed by atoms with Crippen molar-refractivity contribution in [3.05, 3.63) is 95.8 Å². The van der Waals surface area contributed by atoms with E-state index in [-0.39, 0.29) is 18.3 Å². The number of benzene rings is 2. The molecule has 0 aliphatic carbocycles. The number of ether oxygens (including phenoxy) is 2. The number of rotatable bonds is 9. The molecule has 6 heteroatoms. The van der Waals surface area contributed by atoms with Gasteiger partial charge in [-0.1, -0.05) is 36.4 Å². The molecule has 0 spiro atoms. The lowest BCUT2D eigenvalue weighted by Crippen LogP contribution is -2.27. The van der Waals surface area contributed by atoms with Gasteiger partial charge in [-0.05, 0) is 42.5 Å². The van der Waals surface area contributed by atoms with Crippen LogP contribution in [0.3, 0.4) is 0 Å². The minimum atomic E-state index is -0.177. The van der Waals surface area contributed by atoms with Crippen LogP contribution >= 0.6 is 0 Å². The molecule has 0 unspecified atom stereocenters. The molecule has 0 N–H and O–H groups in total. The van der Waals surface area contributed by atoms with Gasteiger partial charge < -0.3 is 14.4 Å². The summed E-state index contributed by atoms with van der Waals surface area (Å²) in [5, 5.41) is 0. The van der Waals surface area contributed by atoms with Gasteiger partial charge in [-0.2, -0.15) is 0 Å². The Morgan fingerprint density at radius 2 is 1.77 bits per heavy atom. The summed E-state index contributed by atoms with van der Waals surface area (Å²) in [6.45, 7) is 0.256. The first kappa shape index (κ1) is 21.8. The fourth-order valence-electron chi connectivity index (χ4n) is 2.66.